The van der Waals surface area contributed by atoms with Gasteiger partial charge in [0.25, 0.3) is 0 Å². The summed E-state index contributed by atoms with van der Waals surface area (Å²) in [6, 6.07) is 0. The highest BCUT2D eigenvalue weighted by Gasteiger charge is 2.15. The van der Waals surface area contributed by atoms with Crippen LogP contribution < -0.4 is 5.32 Å². The van der Waals surface area contributed by atoms with Crippen LogP contribution in [0.3, 0.4) is 0 Å². The maximum atomic E-state index is 9.30. The fourth-order valence-corrected chi connectivity index (χ4v) is 1.75. The van der Waals surface area contributed by atoms with Gasteiger partial charge < -0.3 is 15.3 Å². The van der Waals surface area contributed by atoms with Crippen LogP contribution in [-0.2, 0) is 0 Å². The molecule has 0 bridgehead atoms. The number of hydrogen-bond donors (Lipinski definition) is 2. The summed E-state index contributed by atoms with van der Waals surface area (Å²) in [6.07, 6.45) is 3.11. The van der Waals surface area contributed by atoms with E-state index in [2.05, 4.69) is 17.1 Å². The molecule has 2 N–H and O–H groups in total. The summed E-state index contributed by atoms with van der Waals surface area (Å²) in [5.41, 5.74) is 0. The Labute approximate surface area is 81.1 Å². The van der Waals surface area contributed by atoms with Crippen LogP contribution >= 0.6 is 0 Å². The summed E-state index contributed by atoms with van der Waals surface area (Å²) >= 11 is 0. The first-order valence-electron chi connectivity index (χ1n) is 5.44. The van der Waals surface area contributed by atoms with Gasteiger partial charge in [-0.15, -0.1) is 0 Å². The summed E-state index contributed by atoms with van der Waals surface area (Å²) < 4.78 is 0. The smallest absolute Gasteiger partial charge is 0.0564 e. The van der Waals surface area contributed by atoms with Gasteiger partial charge in [-0.1, -0.05) is 6.92 Å². The van der Waals surface area contributed by atoms with E-state index in [1.165, 1.54) is 13.0 Å². The van der Waals surface area contributed by atoms with E-state index in [4.69, 9.17) is 0 Å². The van der Waals surface area contributed by atoms with Gasteiger partial charge in [-0.3, -0.25) is 0 Å². The quantitative estimate of drug-likeness (QED) is 0.612. The molecule has 1 heterocycles. The molecule has 0 radical (unpaired) electrons. The summed E-state index contributed by atoms with van der Waals surface area (Å²) in [5, 5.41) is 12.6. The van der Waals surface area contributed by atoms with E-state index < -0.39 is 0 Å². The lowest BCUT2D eigenvalue weighted by Gasteiger charge is -2.29. The van der Waals surface area contributed by atoms with Crippen molar-refractivity contribution >= 4 is 0 Å². The Morgan fingerprint density at radius 3 is 2.69 bits per heavy atom. The normalized spacial score (nSPS) is 20.8. The fourth-order valence-electron chi connectivity index (χ4n) is 1.75. The molecule has 0 aromatic heterocycles. The van der Waals surface area contributed by atoms with Gasteiger partial charge in [0.1, 0.15) is 0 Å². The minimum atomic E-state index is -0.0370. The molecule has 1 rings (SSSR count). The van der Waals surface area contributed by atoms with Crippen LogP contribution in [0.15, 0.2) is 0 Å². The molecule has 3 heteroatoms. The Hall–Kier alpha value is -0.120. The Morgan fingerprint density at radius 1 is 1.38 bits per heavy atom. The van der Waals surface area contributed by atoms with Crippen molar-refractivity contribution in [1.82, 2.24) is 10.2 Å². The lowest BCUT2D eigenvalue weighted by atomic mass is 10.1. The average molecular weight is 186 g/mol. The van der Waals surface area contributed by atoms with Crippen LogP contribution in [0, 0.1) is 0 Å². The Kier molecular flexibility index (Phi) is 5.35. The van der Waals surface area contributed by atoms with E-state index in [-0.39, 0.29) is 6.10 Å². The van der Waals surface area contributed by atoms with Crippen LogP contribution in [0.25, 0.3) is 0 Å². The van der Waals surface area contributed by atoms with E-state index in [0.29, 0.717) is 0 Å². The van der Waals surface area contributed by atoms with Gasteiger partial charge in [0.15, 0.2) is 0 Å². The zero-order chi connectivity index (χ0) is 9.52. The zero-order valence-electron chi connectivity index (χ0n) is 8.63. The predicted molar refractivity (Wildman–Crippen MR) is 54.8 cm³/mol. The molecule has 78 valence electrons. The van der Waals surface area contributed by atoms with Crippen molar-refractivity contribution in [3.8, 4) is 0 Å². The van der Waals surface area contributed by atoms with Crippen LogP contribution in [0.1, 0.15) is 26.2 Å². The summed E-state index contributed by atoms with van der Waals surface area (Å²) in [5.74, 6) is 0. The monoisotopic (exact) mass is 186 g/mol. The van der Waals surface area contributed by atoms with Crippen molar-refractivity contribution in [3.05, 3.63) is 0 Å². The van der Waals surface area contributed by atoms with E-state index in [1.807, 2.05) is 0 Å². The van der Waals surface area contributed by atoms with E-state index in [0.717, 1.165) is 39.0 Å². The van der Waals surface area contributed by atoms with Crippen molar-refractivity contribution in [3.63, 3.8) is 0 Å². The van der Waals surface area contributed by atoms with Gasteiger partial charge in [0.2, 0.25) is 0 Å². The van der Waals surface area contributed by atoms with Gasteiger partial charge >= 0.3 is 0 Å². The Balaban J connectivity index is 1.96. The average Bonchev–Trinajstić information content (AvgIpc) is 2.15. The number of nitrogens with one attached hydrogen (secondary N) is 1. The number of aliphatic hydroxyl groups is 1. The molecule has 0 unspecified atom stereocenters. The number of aliphatic hydroxyl groups excluding tert-OH is 1. The summed E-state index contributed by atoms with van der Waals surface area (Å²) in [4.78, 5) is 2.45. The molecule has 1 aliphatic rings. The number of likely N-dealkylation sites (tertiary alicyclic amines) is 1. The molecule has 0 saturated carbocycles. The molecule has 0 aliphatic carbocycles. The van der Waals surface area contributed by atoms with Crippen LogP contribution in [0.4, 0.5) is 0 Å². The molecule has 0 aromatic rings. The maximum Gasteiger partial charge on any atom is 0.0564 e. The zero-order valence-corrected chi connectivity index (χ0v) is 8.63. The van der Waals surface area contributed by atoms with Crippen molar-refractivity contribution in [2.24, 2.45) is 0 Å². The number of piperidine rings is 1. The van der Waals surface area contributed by atoms with E-state index in [1.54, 1.807) is 0 Å². The molecule has 3 nitrogen and oxygen atoms in total. The third kappa shape index (κ3) is 4.60. The number of nitrogens with zero attached hydrogens (tertiary/aromatic N) is 1. The van der Waals surface area contributed by atoms with Crippen molar-refractivity contribution in [2.75, 3.05) is 32.7 Å². The van der Waals surface area contributed by atoms with Gasteiger partial charge in [-0.25, -0.2) is 0 Å². The van der Waals surface area contributed by atoms with E-state index in [9.17, 15) is 5.11 Å². The fraction of sp³-hybridized carbons (Fsp3) is 1.00. The second-order valence-corrected chi connectivity index (χ2v) is 3.78. The molecule has 0 spiro atoms. The second kappa shape index (κ2) is 6.35. The number of hydrogen-bond acceptors (Lipinski definition) is 3. The number of rotatable bonds is 5. The third-order valence-electron chi connectivity index (χ3n) is 2.63. The highest BCUT2D eigenvalue weighted by Crippen LogP contribution is 2.09. The lowest BCUT2D eigenvalue weighted by Crippen LogP contribution is -2.37. The Bertz CT molecular complexity index is 122. The van der Waals surface area contributed by atoms with Gasteiger partial charge in [0, 0.05) is 13.1 Å². The van der Waals surface area contributed by atoms with Crippen molar-refractivity contribution < 1.29 is 5.11 Å². The van der Waals surface area contributed by atoms with Gasteiger partial charge in [-0.05, 0) is 38.9 Å². The van der Waals surface area contributed by atoms with Crippen LogP contribution in [0.2, 0.25) is 0 Å². The highest BCUT2D eigenvalue weighted by atomic mass is 16.3. The topological polar surface area (TPSA) is 35.5 Å². The highest BCUT2D eigenvalue weighted by molar-refractivity contribution is 4.70. The predicted octanol–water partition coefficient (Wildman–Crippen LogP) is 0.443. The minimum Gasteiger partial charge on any atom is -0.393 e. The van der Waals surface area contributed by atoms with Gasteiger partial charge in [-0.2, -0.15) is 0 Å². The molecule has 1 fully saturated rings. The first-order chi connectivity index (χ1) is 6.33. The SMILES string of the molecule is CCNCCCN1CCC(O)CC1. The van der Waals surface area contributed by atoms with Gasteiger partial charge in [0.05, 0.1) is 6.10 Å². The molecule has 0 amide bonds. The molecule has 1 saturated heterocycles. The van der Waals surface area contributed by atoms with Crippen LogP contribution in [-0.4, -0.2) is 48.8 Å². The molecule has 13 heavy (non-hydrogen) atoms. The summed E-state index contributed by atoms with van der Waals surface area (Å²) in [6.45, 7) is 7.66. The minimum absolute atomic E-state index is 0.0370. The maximum absolute atomic E-state index is 9.30. The molecule has 0 aromatic carbocycles. The lowest BCUT2D eigenvalue weighted by molar-refractivity contribution is 0.0821. The standard InChI is InChI=1S/C10H22N2O/c1-2-11-6-3-7-12-8-4-10(13)5-9-12/h10-11,13H,2-9H2,1H3. The second-order valence-electron chi connectivity index (χ2n) is 3.78. The van der Waals surface area contributed by atoms with Crippen LogP contribution in [0.5, 0.6) is 0 Å². The van der Waals surface area contributed by atoms with E-state index >= 15 is 0 Å². The molecular weight excluding hydrogens is 164 g/mol. The largest absolute Gasteiger partial charge is 0.393 e. The van der Waals surface area contributed by atoms with Crippen molar-refractivity contribution in [1.29, 1.82) is 0 Å². The first kappa shape index (κ1) is 11.0. The Morgan fingerprint density at radius 2 is 2.08 bits per heavy atom. The van der Waals surface area contributed by atoms with Crippen molar-refractivity contribution in [2.45, 2.75) is 32.3 Å². The summed E-state index contributed by atoms with van der Waals surface area (Å²) in [7, 11) is 0. The molecular formula is C10H22N2O. The molecule has 1 aliphatic heterocycles. The first-order valence-corrected chi connectivity index (χ1v) is 5.44. The third-order valence-corrected chi connectivity index (χ3v) is 2.63. The molecule has 0 atom stereocenters.